The van der Waals surface area contributed by atoms with Crippen molar-refractivity contribution in [1.82, 2.24) is 20.1 Å². The Balaban J connectivity index is 0.00000220. The van der Waals surface area contributed by atoms with Crippen molar-refractivity contribution in [2.75, 3.05) is 12.4 Å². The van der Waals surface area contributed by atoms with E-state index in [1.807, 2.05) is 0 Å². The zero-order valence-corrected chi connectivity index (χ0v) is 13.4. The third-order valence-corrected chi connectivity index (χ3v) is 3.71. The maximum Gasteiger partial charge on any atom is 0.247 e. The molecule has 2 heterocycles. The highest BCUT2D eigenvalue weighted by molar-refractivity contribution is 7.17. The Hall–Kier alpha value is -1.77. The summed E-state index contributed by atoms with van der Waals surface area (Å²) < 4.78 is 1.63. The highest BCUT2D eigenvalue weighted by Gasteiger charge is 2.21. The van der Waals surface area contributed by atoms with E-state index < -0.39 is 6.04 Å². The molecule has 0 aromatic carbocycles. The number of carbonyl (C=O) groups is 2. The summed E-state index contributed by atoms with van der Waals surface area (Å²) in [5.41, 5.74) is 0.760. The Morgan fingerprint density at radius 2 is 2.10 bits per heavy atom. The normalized spacial score (nSPS) is 11.6. The van der Waals surface area contributed by atoms with Crippen LogP contribution in [0.4, 0.5) is 5.13 Å². The lowest BCUT2D eigenvalue weighted by Gasteiger charge is -2.12. The number of hydrogen-bond acceptors (Lipinski definition) is 6. The lowest BCUT2D eigenvalue weighted by molar-refractivity contribution is -0.118. The number of anilines is 1. The molecule has 0 fully saturated rings. The van der Waals surface area contributed by atoms with Crippen molar-refractivity contribution in [3.05, 3.63) is 29.0 Å². The third-order valence-electron chi connectivity index (χ3n) is 2.69. The number of likely N-dealkylation sites (N-methyl/N-ethyl adjacent to an activating group) is 1. The van der Waals surface area contributed by atoms with Crippen molar-refractivity contribution in [3.8, 4) is 0 Å². The molecule has 2 N–H and O–H groups in total. The standard InChI is InChI=1S/C12H15N5O2S.ClH/c1-7(18)9-5-14-12(20-9)16-11(19)10(13-2)8-4-15-17(3)6-8;/h4-6,10,13H,1-3H3,(H,14,16,19);1H. The van der Waals surface area contributed by atoms with E-state index in [9.17, 15) is 9.59 Å². The molecule has 0 aliphatic carbocycles. The van der Waals surface area contributed by atoms with Crippen molar-refractivity contribution in [2.24, 2.45) is 7.05 Å². The van der Waals surface area contributed by atoms with Crippen molar-refractivity contribution >= 4 is 40.6 Å². The molecule has 0 bridgehead atoms. The van der Waals surface area contributed by atoms with Gasteiger partial charge in [0, 0.05) is 25.7 Å². The number of aryl methyl sites for hydroxylation is 1. The summed E-state index contributed by atoms with van der Waals surface area (Å²) in [5.74, 6) is -0.314. The van der Waals surface area contributed by atoms with E-state index in [0.29, 0.717) is 10.0 Å². The van der Waals surface area contributed by atoms with E-state index >= 15 is 0 Å². The first-order valence-corrected chi connectivity index (χ1v) is 6.76. The molecule has 21 heavy (non-hydrogen) atoms. The van der Waals surface area contributed by atoms with Gasteiger partial charge in [0.15, 0.2) is 10.9 Å². The molecule has 2 aromatic rings. The third kappa shape index (κ3) is 4.10. The number of ketones is 1. The second kappa shape index (κ2) is 7.30. The molecular formula is C12H16ClN5O2S. The molecule has 1 unspecified atom stereocenters. The van der Waals surface area contributed by atoms with Crippen LogP contribution in [-0.4, -0.2) is 33.5 Å². The second-order valence-corrected chi connectivity index (χ2v) is 5.27. The molecule has 0 saturated heterocycles. The van der Waals surface area contributed by atoms with Gasteiger partial charge < -0.3 is 10.6 Å². The average molecular weight is 330 g/mol. The summed E-state index contributed by atoms with van der Waals surface area (Å²) in [6, 6.07) is -0.520. The highest BCUT2D eigenvalue weighted by atomic mass is 35.5. The predicted molar refractivity (Wildman–Crippen MR) is 83.0 cm³/mol. The van der Waals surface area contributed by atoms with Gasteiger partial charge in [-0.2, -0.15) is 5.10 Å². The molecule has 1 amide bonds. The molecule has 2 rings (SSSR count). The fourth-order valence-electron chi connectivity index (χ4n) is 1.71. The summed E-state index contributed by atoms with van der Waals surface area (Å²) in [5, 5.41) is 10.1. The lowest BCUT2D eigenvalue weighted by atomic mass is 10.1. The molecule has 0 radical (unpaired) electrons. The van der Waals surface area contributed by atoms with Gasteiger partial charge in [-0.05, 0) is 7.05 Å². The van der Waals surface area contributed by atoms with Crippen LogP contribution in [0.2, 0.25) is 0 Å². The van der Waals surface area contributed by atoms with Gasteiger partial charge in [0.05, 0.1) is 17.3 Å². The monoisotopic (exact) mass is 329 g/mol. The van der Waals surface area contributed by atoms with E-state index in [1.165, 1.54) is 13.1 Å². The van der Waals surface area contributed by atoms with Crippen LogP contribution in [0.5, 0.6) is 0 Å². The molecule has 114 valence electrons. The molecule has 2 aromatic heterocycles. The molecule has 0 aliphatic heterocycles. The number of carbonyl (C=O) groups excluding carboxylic acids is 2. The quantitative estimate of drug-likeness (QED) is 0.809. The lowest BCUT2D eigenvalue weighted by Crippen LogP contribution is -2.30. The van der Waals surface area contributed by atoms with Gasteiger partial charge in [-0.3, -0.25) is 14.3 Å². The van der Waals surface area contributed by atoms with Crippen LogP contribution in [0.25, 0.3) is 0 Å². The van der Waals surface area contributed by atoms with Crippen LogP contribution in [0.15, 0.2) is 18.6 Å². The largest absolute Gasteiger partial charge is 0.305 e. The summed E-state index contributed by atoms with van der Waals surface area (Å²) in [4.78, 5) is 27.9. The Morgan fingerprint density at radius 3 is 2.57 bits per heavy atom. The van der Waals surface area contributed by atoms with Crippen molar-refractivity contribution in [1.29, 1.82) is 0 Å². The van der Waals surface area contributed by atoms with Crippen LogP contribution in [-0.2, 0) is 11.8 Å². The first-order chi connectivity index (χ1) is 9.51. The van der Waals surface area contributed by atoms with Gasteiger partial charge in [-0.25, -0.2) is 4.98 Å². The topological polar surface area (TPSA) is 88.9 Å². The van der Waals surface area contributed by atoms with E-state index in [1.54, 1.807) is 31.2 Å². The molecule has 0 spiro atoms. The molecular weight excluding hydrogens is 314 g/mol. The minimum absolute atomic E-state index is 0. The number of aromatic nitrogens is 3. The number of hydrogen-bond donors (Lipinski definition) is 2. The summed E-state index contributed by atoms with van der Waals surface area (Å²) >= 11 is 1.16. The minimum Gasteiger partial charge on any atom is -0.305 e. The minimum atomic E-state index is -0.520. The van der Waals surface area contributed by atoms with Crippen LogP contribution < -0.4 is 10.6 Å². The van der Waals surface area contributed by atoms with E-state index in [0.717, 1.165) is 16.9 Å². The Bertz CT molecular complexity index is 639. The van der Waals surface area contributed by atoms with Crippen LogP contribution in [0, 0.1) is 0 Å². The first kappa shape index (κ1) is 17.3. The summed E-state index contributed by atoms with van der Waals surface area (Å²) in [6.07, 6.45) is 4.86. The molecule has 0 saturated carbocycles. The van der Waals surface area contributed by atoms with Gasteiger partial charge in [-0.15, -0.1) is 12.4 Å². The number of amides is 1. The Labute approximate surface area is 132 Å². The Morgan fingerprint density at radius 1 is 1.38 bits per heavy atom. The molecule has 9 heteroatoms. The maximum atomic E-state index is 12.2. The van der Waals surface area contributed by atoms with Gasteiger partial charge in [0.1, 0.15) is 6.04 Å². The van der Waals surface area contributed by atoms with Gasteiger partial charge in [0.2, 0.25) is 5.91 Å². The summed E-state index contributed by atoms with van der Waals surface area (Å²) in [7, 11) is 3.48. The van der Waals surface area contributed by atoms with E-state index in [-0.39, 0.29) is 24.1 Å². The first-order valence-electron chi connectivity index (χ1n) is 5.94. The van der Waals surface area contributed by atoms with Crippen molar-refractivity contribution in [3.63, 3.8) is 0 Å². The van der Waals surface area contributed by atoms with Crippen LogP contribution in [0.1, 0.15) is 28.2 Å². The zero-order valence-electron chi connectivity index (χ0n) is 11.8. The predicted octanol–water partition coefficient (Wildman–Crippen LogP) is 1.40. The van der Waals surface area contributed by atoms with Crippen LogP contribution >= 0.6 is 23.7 Å². The number of thiazole rings is 1. The molecule has 1 atom stereocenters. The van der Waals surface area contributed by atoms with Gasteiger partial charge in [-0.1, -0.05) is 11.3 Å². The fourth-order valence-corrected chi connectivity index (χ4v) is 2.43. The second-order valence-electron chi connectivity index (χ2n) is 4.24. The summed E-state index contributed by atoms with van der Waals surface area (Å²) in [6.45, 7) is 1.46. The van der Waals surface area contributed by atoms with Gasteiger partial charge in [0.25, 0.3) is 0 Å². The smallest absolute Gasteiger partial charge is 0.247 e. The number of nitrogens with one attached hydrogen (secondary N) is 2. The maximum absolute atomic E-state index is 12.2. The SMILES string of the molecule is CNC(C(=O)Nc1ncc(C(C)=O)s1)c1cnn(C)c1.Cl. The molecule has 0 aliphatic rings. The van der Waals surface area contributed by atoms with Crippen molar-refractivity contribution in [2.45, 2.75) is 13.0 Å². The average Bonchev–Trinajstić information content (AvgIpc) is 3.00. The number of Topliss-reactive ketones (excluding diaryl/α,β-unsaturated/α-hetero) is 1. The number of nitrogens with zero attached hydrogens (tertiary/aromatic N) is 3. The molecule has 7 nitrogen and oxygen atoms in total. The Kier molecular flexibility index (Phi) is 6.01. The fraction of sp³-hybridized carbons (Fsp3) is 0.333. The van der Waals surface area contributed by atoms with Gasteiger partial charge >= 0.3 is 0 Å². The zero-order chi connectivity index (χ0) is 14.7. The number of rotatable bonds is 5. The van der Waals surface area contributed by atoms with Crippen molar-refractivity contribution < 1.29 is 9.59 Å². The van der Waals surface area contributed by atoms with Crippen LogP contribution in [0.3, 0.4) is 0 Å². The van der Waals surface area contributed by atoms with E-state index in [2.05, 4.69) is 20.7 Å². The number of halogens is 1. The highest BCUT2D eigenvalue weighted by Crippen LogP contribution is 2.20. The van der Waals surface area contributed by atoms with E-state index in [4.69, 9.17) is 0 Å².